The third kappa shape index (κ3) is 4.78. The van der Waals surface area contributed by atoms with Gasteiger partial charge in [0.1, 0.15) is 15.8 Å². The van der Waals surface area contributed by atoms with Crippen molar-refractivity contribution in [3.63, 3.8) is 0 Å². The van der Waals surface area contributed by atoms with Crippen molar-refractivity contribution in [2.45, 2.75) is 0 Å². The normalized spacial score (nSPS) is 15.3. The van der Waals surface area contributed by atoms with Gasteiger partial charge in [-0.25, -0.2) is 0 Å². The van der Waals surface area contributed by atoms with Crippen molar-refractivity contribution in [3.05, 3.63) is 51.6 Å². The van der Waals surface area contributed by atoms with Crippen LogP contribution < -0.4 is 10.6 Å². The minimum atomic E-state index is -0.254. The number of hydrogen-bond acceptors (Lipinski definition) is 6. The molecule has 9 heteroatoms. The second kappa shape index (κ2) is 8.71. The number of amides is 2. The average Bonchev–Trinajstić information content (AvgIpc) is 3.22. The number of rotatable bonds is 6. The fourth-order valence-electron chi connectivity index (χ4n) is 2.35. The third-order valence-corrected chi connectivity index (χ3v) is 5.12. The average molecular weight is 423 g/mol. The summed E-state index contributed by atoms with van der Waals surface area (Å²) >= 11 is 12.4. The molecule has 1 aliphatic rings. The van der Waals surface area contributed by atoms with Crippen LogP contribution in [0.5, 0.6) is 0 Å². The SMILES string of the molecule is COCCNC(=O)c1ccc(Cl)c(-c2ccc(C=C3SC(=S)NC3=O)o2)c1. The van der Waals surface area contributed by atoms with Gasteiger partial charge in [-0.05, 0) is 30.3 Å². The summed E-state index contributed by atoms with van der Waals surface area (Å²) in [5.74, 6) is 0.491. The van der Waals surface area contributed by atoms with Crippen molar-refractivity contribution in [3.8, 4) is 11.3 Å². The van der Waals surface area contributed by atoms with Crippen LogP contribution in [0.25, 0.3) is 17.4 Å². The lowest BCUT2D eigenvalue weighted by Gasteiger charge is -2.07. The molecule has 0 spiro atoms. The molecule has 1 aromatic carbocycles. The van der Waals surface area contributed by atoms with Crippen LogP contribution in [0.3, 0.4) is 0 Å². The molecule has 3 rings (SSSR count). The Kier molecular flexibility index (Phi) is 6.33. The van der Waals surface area contributed by atoms with E-state index < -0.39 is 0 Å². The molecule has 2 heterocycles. The third-order valence-electron chi connectivity index (χ3n) is 3.63. The minimum absolute atomic E-state index is 0.230. The lowest BCUT2D eigenvalue weighted by molar-refractivity contribution is -0.115. The first-order chi connectivity index (χ1) is 13.0. The Morgan fingerprint density at radius 3 is 2.93 bits per heavy atom. The van der Waals surface area contributed by atoms with Gasteiger partial charge in [-0.15, -0.1) is 0 Å². The van der Waals surface area contributed by atoms with E-state index in [0.29, 0.717) is 50.0 Å². The number of ether oxygens (including phenoxy) is 1. The summed E-state index contributed by atoms with van der Waals surface area (Å²) < 4.78 is 11.1. The maximum Gasteiger partial charge on any atom is 0.263 e. The van der Waals surface area contributed by atoms with Crippen LogP contribution in [0.2, 0.25) is 5.02 Å². The number of carbonyl (C=O) groups excluding carboxylic acids is 2. The topological polar surface area (TPSA) is 80.6 Å². The second-order valence-corrected chi connectivity index (χ2v) is 7.62. The van der Waals surface area contributed by atoms with Crippen molar-refractivity contribution >= 4 is 57.8 Å². The van der Waals surface area contributed by atoms with E-state index in [1.54, 1.807) is 43.5 Å². The van der Waals surface area contributed by atoms with Crippen molar-refractivity contribution < 1.29 is 18.7 Å². The van der Waals surface area contributed by atoms with Crippen LogP contribution in [-0.2, 0) is 9.53 Å². The van der Waals surface area contributed by atoms with Gasteiger partial charge in [0.25, 0.3) is 11.8 Å². The van der Waals surface area contributed by atoms with Gasteiger partial charge in [0.05, 0.1) is 16.5 Å². The maximum atomic E-state index is 12.2. The minimum Gasteiger partial charge on any atom is -0.457 e. The molecule has 27 heavy (non-hydrogen) atoms. The number of halogens is 1. The van der Waals surface area contributed by atoms with E-state index in [1.165, 1.54) is 11.8 Å². The van der Waals surface area contributed by atoms with E-state index in [-0.39, 0.29) is 11.8 Å². The highest BCUT2D eigenvalue weighted by Gasteiger charge is 2.22. The summed E-state index contributed by atoms with van der Waals surface area (Å²) in [6.07, 6.45) is 1.61. The molecular formula is C18H15ClN2O4S2. The van der Waals surface area contributed by atoms with Gasteiger partial charge in [0, 0.05) is 30.9 Å². The highest BCUT2D eigenvalue weighted by Crippen LogP contribution is 2.32. The number of thioether (sulfide) groups is 1. The summed E-state index contributed by atoms with van der Waals surface area (Å²) in [6.45, 7) is 0.838. The van der Waals surface area contributed by atoms with E-state index >= 15 is 0 Å². The molecule has 0 saturated carbocycles. The molecule has 140 valence electrons. The monoisotopic (exact) mass is 422 g/mol. The lowest BCUT2D eigenvalue weighted by atomic mass is 10.1. The number of thiocarbonyl (C=S) groups is 1. The molecule has 1 aromatic heterocycles. The number of carbonyl (C=O) groups is 2. The van der Waals surface area contributed by atoms with E-state index in [9.17, 15) is 9.59 Å². The number of hydrogen-bond donors (Lipinski definition) is 2. The van der Waals surface area contributed by atoms with Gasteiger partial charge in [0.15, 0.2) is 0 Å². The van der Waals surface area contributed by atoms with Crippen molar-refractivity contribution in [2.75, 3.05) is 20.3 Å². The Hall–Kier alpha value is -2.13. The quantitative estimate of drug-likeness (QED) is 0.421. The van der Waals surface area contributed by atoms with Gasteiger partial charge < -0.3 is 19.8 Å². The number of nitrogens with one attached hydrogen (secondary N) is 2. The lowest BCUT2D eigenvalue weighted by Crippen LogP contribution is -2.26. The van der Waals surface area contributed by atoms with Gasteiger partial charge in [-0.2, -0.15) is 0 Å². The number of benzene rings is 1. The number of furan rings is 1. The summed E-state index contributed by atoms with van der Waals surface area (Å²) in [5.41, 5.74) is 1.04. The molecule has 0 bridgehead atoms. The van der Waals surface area contributed by atoms with E-state index in [0.717, 1.165) is 0 Å². The van der Waals surface area contributed by atoms with E-state index in [2.05, 4.69) is 10.6 Å². The van der Waals surface area contributed by atoms with Gasteiger partial charge in [0.2, 0.25) is 0 Å². The zero-order chi connectivity index (χ0) is 19.4. The fraction of sp³-hybridized carbons (Fsp3) is 0.167. The largest absolute Gasteiger partial charge is 0.457 e. The first-order valence-corrected chi connectivity index (χ1v) is 9.50. The standard InChI is InChI=1S/C18H15ClN2O4S2/c1-24-7-6-20-16(22)10-2-4-13(19)12(8-10)14-5-3-11(25-14)9-15-17(23)21-18(26)27-15/h2-5,8-9H,6-7H2,1H3,(H,20,22)(H,21,23,26). The molecule has 6 nitrogen and oxygen atoms in total. The molecule has 2 aromatic rings. The van der Waals surface area contributed by atoms with Gasteiger partial charge in [-0.3, -0.25) is 9.59 Å². The highest BCUT2D eigenvalue weighted by atomic mass is 35.5. The van der Waals surface area contributed by atoms with Crippen LogP contribution in [0.4, 0.5) is 0 Å². The Morgan fingerprint density at radius 2 is 2.22 bits per heavy atom. The molecule has 2 N–H and O–H groups in total. The van der Waals surface area contributed by atoms with Crippen LogP contribution in [0.1, 0.15) is 16.1 Å². The number of methoxy groups -OCH3 is 1. The Labute approximate surface area is 170 Å². The van der Waals surface area contributed by atoms with Crippen LogP contribution >= 0.6 is 35.6 Å². The summed E-state index contributed by atoms with van der Waals surface area (Å²) in [7, 11) is 1.57. The van der Waals surface area contributed by atoms with E-state index in [4.69, 9.17) is 33.0 Å². The summed E-state index contributed by atoms with van der Waals surface area (Å²) in [6, 6.07) is 8.39. The molecular weight excluding hydrogens is 408 g/mol. The molecule has 0 atom stereocenters. The Balaban J connectivity index is 1.82. The zero-order valence-electron chi connectivity index (χ0n) is 14.2. The molecule has 1 saturated heterocycles. The van der Waals surface area contributed by atoms with Crippen molar-refractivity contribution in [1.29, 1.82) is 0 Å². The van der Waals surface area contributed by atoms with Crippen LogP contribution in [-0.4, -0.2) is 36.4 Å². The summed E-state index contributed by atoms with van der Waals surface area (Å²) in [4.78, 5) is 24.4. The second-order valence-electron chi connectivity index (χ2n) is 5.50. The van der Waals surface area contributed by atoms with Gasteiger partial charge >= 0.3 is 0 Å². The predicted octanol–water partition coefficient (Wildman–Crippen LogP) is 3.47. The molecule has 0 aliphatic carbocycles. The zero-order valence-corrected chi connectivity index (χ0v) is 16.6. The van der Waals surface area contributed by atoms with Gasteiger partial charge in [-0.1, -0.05) is 35.6 Å². The molecule has 0 unspecified atom stereocenters. The predicted molar refractivity (Wildman–Crippen MR) is 110 cm³/mol. The van der Waals surface area contributed by atoms with Crippen LogP contribution in [0.15, 0.2) is 39.7 Å². The maximum absolute atomic E-state index is 12.2. The molecule has 1 fully saturated rings. The summed E-state index contributed by atoms with van der Waals surface area (Å²) in [5, 5.41) is 5.75. The molecule has 2 amide bonds. The Morgan fingerprint density at radius 1 is 1.41 bits per heavy atom. The fourth-order valence-corrected chi connectivity index (χ4v) is 3.58. The smallest absolute Gasteiger partial charge is 0.263 e. The Bertz CT molecular complexity index is 939. The van der Waals surface area contributed by atoms with Crippen LogP contribution in [0, 0.1) is 0 Å². The molecule has 1 aliphatic heterocycles. The van der Waals surface area contributed by atoms with E-state index in [1.807, 2.05) is 0 Å². The molecule has 0 radical (unpaired) electrons. The highest BCUT2D eigenvalue weighted by molar-refractivity contribution is 8.26. The van der Waals surface area contributed by atoms with Crippen molar-refractivity contribution in [2.24, 2.45) is 0 Å². The first kappa shape index (κ1) is 19.6. The first-order valence-electron chi connectivity index (χ1n) is 7.89. The van der Waals surface area contributed by atoms with Crippen molar-refractivity contribution in [1.82, 2.24) is 10.6 Å².